The average molecular weight is 605 g/mol. The van der Waals surface area contributed by atoms with E-state index >= 15 is 0 Å². The standard InChI is InChI=1S/C40H66N2.C2H6/c1-15-17-19-21-23-33(31(5)39(7,8)9)27-29(3)35-25-26-36(38(42-14)37(35)41-13)30(4)28-34(24-22-20-18-16-2)32(6)40(10,11)12;1-2/h25-28H,15-24H2,1-14H3;1-2H3/b29-27+,30-28+,33-31+,34-32+,41-37?,42-38?;. The lowest BCUT2D eigenvalue weighted by Crippen LogP contribution is -2.23. The second-order valence-corrected chi connectivity index (χ2v) is 14.4. The van der Waals surface area contributed by atoms with E-state index in [2.05, 4.69) is 107 Å². The number of nitrogens with zero attached hydrogens (tertiary/aromatic N) is 2. The minimum atomic E-state index is 0.150. The number of unbranched alkanes of at least 4 members (excludes halogenated alkanes) is 6. The molecule has 0 atom stereocenters. The molecule has 0 aromatic carbocycles. The molecule has 0 radical (unpaired) electrons. The van der Waals surface area contributed by atoms with Crippen LogP contribution < -0.4 is 0 Å². The highest BCUT2D eigenvalue weighted by atomic mass is 14.8. The summed E-state index contributed by atoms with van der Waals surface area (Å²) in [6.45, 7) is 31.7. The first-order chi connectivity index (χ1) is 20.6. The van der Waals surface area contributed by atoms with Crippen molar-refractivity contribution in [1.82, 2.24) is 0 Å². The average Bonchev–Trinajstić information content (AvgIpc) is 2.98. The summed E-state index contributed by atoms with van der Waals surface area (Å²) in [5, 5.41) is 0. The third-order valence-electron chi connectivity index (χ3n) is 9.04. The van der Waals surface area contributed by atoms with Gasteiger partial charge in [-0.15, -0.1) is 0 Å². The molecule has 0 saturated carbocycles. The summed E-state index contributed by atoms with van der Waals surface area (Å²) in [4.78, 5) is 9.65. The molecule has 0 amide bonds. The van der Waals surface area contributed by atoms with Gasteiger partial charge in [0, 0.05) is 25.2 Å². The zero-order chi connectivity index (χ0) is 34.1. The number of aliphatic imine (C=N–C) groups is 2. The molecule has 0 heterocycles. The summed E-state index contributed by atoms with van der Waals surface area (Å²) in [6.07, 6.45) is 21.9. The van der Waals surface area contributed by atoms with Gasteiger partial charge in [-0.2, -0.15) is 0 Å². The van der Waals surface area contributed by atoms with Crippen LogP contribution in [0.25, 0.3) is 0 Å². The minimum Gasteiger partial charge on any atom is -0.286 e. The van der Waals surface area contributed by atoms with Crippen molar-refractivity contribution in [3.63, 3.8) is 0 Å². The molecule has 1 aliphatic rings. The van der Waals surface area contributed by atoms with Crippen LogP contribution in [0.1, 0.15) is 161 Å². The first-order valence-electron chi connectivity index (χ1n) is 17.8. The van der Waals surface area contributed by atoms with Gasteiger partial charge < -0.3 is 0 Å². The Morgan fingerprint density at radius 3 is 1.14 bits per heavy atom. The summed E-state index contributed by atoms with van der Waals surface area (Å²) in [6, 6.07) is 0. The van der Waals surface area contributed by atoms with Gasteiger partial charge in [-0.1, -0.05) is 143 Å². The van der Waals surface area contributed by atoms with Crippen molar-refractivity contribution in [2.24, 2.45) is 20.8 Å². The number of rotatable bonds is 14. The second kappa shape index (κ2) is 20.7. The van der Waals surface area contributed by atoms with Gasteiger partial charge in [-0.3, -0.25) is 9.98 Å². The normalized spacial score (nSPS) is 18.0. The lowest BCUT2D eigenvalue weighted by molar-refractivity contribution is 0.495. The third-order valence-corrected chi connectivity index (χ3v) is 9.04. The van der Waals surface area contributed by atoms with Crippen LogP contribution in [0.4, 0.5) is 0 Å². The van der Waals surface area contributed by atoms with E-state index in [1.165, 1.54) is 96.0 Å². The molecular weight excluding hydrogens is 532 g/mol. The van der Waals surface area contributed by atoms with Crippen LogP contribution in [0.15, 0.2) is 78.9 Å². The molecule has 0 N–H and O–H groups in total. The predicted octanol–water partition coefficient (Wildman–Crippen LogP) is 13.6. The number of hydrogen-bond donors (Lipinski definition) is 0. The molecule has 0 bridgehead atoms. The first kappa shape index (κ1) is 41.8. The van der Waals surface area contributed by atoms with Crippen molar-refractivity contribution >= 4 is 11.4 Å². The molecule has 1 rings (SSSR count). The van der Waals surface area contributed by atoms with Crippen molar-refractivity contribution in [3.05, 3.63) is 68.9 Å². The van der Waals surface area contributed by atoms with Gasteiger partial charge in [-0.25, -0.2) is 0 Å². The molecule has 2 nitrogen and oxygen atoms in total. The maximum absolute atomic E-state index is 4.83. The van der Waals surface area contributed by atoms with Crippen LogP contribution in [0, 0.1) is 10.8 Å². The van der Waals surface area contributed by atoms with E-state index in [4.69, 9.17) is 9.98 Å². The fourth-order valence-corrected chi connectivity index (χ4v) is 5.53. The molecule has 0 unspecified atom stereocenters. The molecule has 250 valence electrons. The SMILES string of the molecule is CC.CCCCCCC(/C=C(\C)C1=CC=C(/C(C)=C/C(CCCCCC)=C(\C)C(C)(C)C)C(=NC)C1=NC)=C(/C)C(C)(C)C. The van der Waals surface area contributed by atoms with Gasteiger partial charge >= 0.3 is 0 Å². The summed E-state index contributed by atoms with van der Waals surface area (Å²) < 4.78 is 0. The van der Waals surface area contributed by atoms with E-state index in [9.17, 15) is 0 Å². The molecule has 0 aromatic heterocycles. The third kappa shape index (κ3) is 13.4. The minimum absolute atomic E-state index is 0.150. The van der Waals surface area contributed by atoms with E-state index in [0.29, 0.717) is 0 Å². The van der Waals surface area contributed by atoms with E-state index in [1.807, 2.05) is 27.9 Å². The van der Waals surface area contributed by atoms with E-state index < -0.39 is 0 Å². The summed E-state index contributed by atoms with van der Waals surface area (Å²) in [5.41, 5.74) is 13.1. The topological polar surface area (TPSA) is 24.7 Å². The second-order valence-electron chi connectivity index (χ2n) is 14.4. The van der Waals surface area contributed by atoms with Crippen LogP contribution in [-0.2, 0) is 0 Å². The lowest BCUT2D eigenvalue weighted by Gasteiger charge is -2.25. The highest BCUT2D eigenvalue weighted by Crippen LogP contribution is 2.34. The Balaban J connectivity index is 0.00000904. The van der Waals surface area contributed by atoms with Gasteiger partial charge in [0.05, 0.1) is 11.4 Å². The molecule has 0 aromatic rings. The summed E-state index contributed by atoms with van der Waals surface area (Å²) >= 11 is 0. The van der Waals surface area contributed by atoms with Crippen molar-refractivity contribution in [2.45, 2.75) is 161 Å². The van der Waals surface area contributed by atoms with Crippen LogP contribution in [0.5, 0.6) is 0 Å². The summed E-state index contributed by atoms with van der Waals surface area (Å²) in [7, 11) is 3.82. The largest absolute Gasteiger partial charge is 0.286 e. The fraction of sp³-hybridized carbons (Fsp3) is 0.667. The Bertz CT molecular complexity index is 1050. The molecular formula is C42H72N2. The predicted molar refractivity (Wildman–Crippen MR) is 204 cm³/mol. The molecule has 0 spiro atoms. The Kier molecular flexibility index (Phi) is 19.7. The van der Waals surface area contributed by atoms with Crippen molar-refractivity contribution < 1.29 is 0 Å². The highest BCUT2D eigenvalue weighted by molar-refractivity contribution is 6.56. The number of allylic oxidation sites excluding steroid dienone is 12. The molecule has 0 aliphatic heterocycles. The first-order valence-corrected chi connectivity index (χ1v) is 17.8. The van der Waals surface area contributed by atoms with E-state index in [-0.39, 0.29) is 10.8 Å². The zero-order valence-electron chi connectivity index (χ0n) is 32.3. The Morgan fingerprint density at radius 1 is 0.568 bits per heavy atom. The number of hydrogen-bond acceptors (Lipinski definition) is 2. The van der Waals surface area contributed by atoms with E-state index in [1.54, 1.807) is 0 Å². The molecule has 2 heteroatoms. The van der Waals surface area contributed by atoms with Crippen molar-refractivity contribution in [3.8, 4) is 0 Å². The molecule has 1 aliphatic carbocycles. The van der Waals surface area contributed by atoms with Gasteiger partial charge in [0.25, 0.3) is 0 Å². The van der Waals surface area contributed by atoms with Crippen molar-refractivity contribution in [1.29, 1.82) is 0 Å². The summed E-state index contributed by atoms with van der Waals surface area (Å²) in [5.74, 6) is 0. The molecule has 0 fully saturated rings. The monoisotopic (exact) mass is 605 g/mol. The molecule has 44 heavy (non-hydrogen) atoms. The van der Waals surface area contributed by atoms with Crippen LogP contribution >= 0.6 is 0 Å². The Labute approximate surface area is 275 Å². The lowest BCUT2D eigenvalue weighted by atomic mass is 9.80. The smallest absolute Gasteiger partial charge is 0.0903 e. The van der Waals surface area contributed by atoms with E-state index in [0.717, 1.165) is 24.3 Å². The quantitative estimate of drug-likeness (QED) is 0.107. The highest BCUT2D eigenvalue weighted by Gasteiger charge is 2.24. The Hall–Kier alpha value is -2.22. The van der Waals surface area contributed by atoms with Crippen LogP contribution in [0.3, 0.4) is 0 Å². The Morgan fingerprint density at radius 2 is 0.886 bits per heavy atom. The fourth-order valence-electron chi connectivity index (χ4n) is 5.53. The maximum atomic E-state index is 4.83. The van der Waals surface area contributed by atoms with Gasteiger partial charge in [0.2, 0.25) is 0 Å². The maximum Gasteiger partial charge on any atom is 0.0903 e. The zero-order valence-corrected chi connectivity index (χ0v) is 32.3. The van der Waals surface area contributed by atoms with Gasteiger partial charge in [0.1, 0.15) is 0 Å². The van der Waals surface area contributed by atoms with Gasteiger partial charge in [-0.05, 0) is 86.5 Å². The van der Waals surface area contributed by atoms with Gasteiger partial charge in [0.15, 0.2) is 0 Å². The van der Waals surface area contributed by atoms with Crippen molar-refractivity contribution in [2.75, 3.05) is 14.1 Å². The molecule has 0 saturated heterocycles. The van der Waals surface area contributed by atoms with Crippen LogP contribution in [0.2, 0.25) is 0 Å². The van der Waals surface area contributed by atoms with Crippen LogP contribution in [-0.4, -0.2) is 25.5 Å².